The predicted molar refractivity (Wildman–Crippen MR) is 89.5 cm³/mol. The Hall–Kier alpha value is -2.80. The molecule has 0 spiro atoms. The Balaban J connectivity index is 1.72. The molecule has 3 aromatic rings. The van der Waals surface area contributed by atoms with Crippen LogP contribution in [0.15, 0.2) is 48.1 Å². The Bertz CT molecular complexity index is 852. The summed E-state index contributed by atoms with van der Waals surface area (Å²) in [6.07, 6.45) is 3.32. The van der Waals surface area contributed by atoms with Crippen LogP contribution in [0.4, 0.5) is 4.39 Å². The minimum absolute atomic E-state index is 0.263. The van der Waals surface area contributed by atoms with Crippen LogP contribution in [-0.2, 0) is 6.54 Å². The summed E-state index contributed by atoms with van der Waals surface area (Å²) < 4.78 is 19.1. The third-order valence-electron chi connectivity index (χ3n) is 3.35. The van der Waals surface area contributed by atoms with Crippen LogP contribution < -0.4 is 10.1 Å². The van der Waals surface area contributed by atoms with Gasteiger partial charge < -0.3 is 10.1 Å². The van der Waals surface area contributed by atoms with E-state index in [0.29, 0.717) is 22.9 Å². The number of pyridine rings is 1. The van der Waals surface area contributed by atoms with E-state index in [1.807, 2.05) is 12.1 Å². The standard InChI is InChI=1S/C17H14FN3O2S/c1-23-12-2-3-13(14(18)8-12)17-21-15(10-24-17)16(22)20-9-11-4-6-19-7-5-11/h2-8,10H,9H2,1H3,(H,20,22). The molecule has 0 saturated heterocycles. The van der Waals surface area contributed by atoms with Gasteiger partial charge in [-0.1, -0.05) is 0 Å². The zero-order chi connectivity index (χ0) is 16.9. The molecule has 122 valence electrons. The molecule has 0 bridgehead atoms. The van der Waals surface area contributed by atoms with Gasteiger partial charge in [-0.2, -0.15) is 0 Å². The molecule has 0 atom stereocenters. The number of carbonyl (C=O) groups is 1. The van der Waals surface area contributed by atoms with Crippen molar-refractivity contribution in [3.05, 3.63) is 65.2 Å². The highest BCUT2D eigenvalue weighted by Crippen LogP contribution is 2.28. The van der Waals surface area contributed by atoms with E-state index in [9.17, 15) is 9.18 Å². The van der Waals surface area contributed by atoms with E-state index in [0.717, 1.165) is 5.56 Å². The highest BCUT2D eigenvalue weighted by atomic mass is 32.1. The topological polar surface area (TPSA) is 64.1 Å². The molecular formula is C17H14FN3O2S. The molecule has 0 aliphatic carbocycles. The fourth-order valence-corrected chi connectivity index (χ4v) is 2.90. The molecule has 0 aliphatic heterocycles. The Labute approximate surface area is 142 Å². The first-order valence-corrected chi connectivity index (χ1v) is 8.02. The average Bonchev–Trinajstić information content (AvgIpc) is 3.10. The van der Waals surface area contributed by atoms with Crippen LogP contribution >= 0.6 is 11.3 Å². The van der Waals surface area contributed by atoms with Crippen molar-refractivity contribution in [3.63, 3.8) is 0 Å². The van der Waals surface area contributed by atoms with Crippen LogP contribution in [0.1, 0.15) is 16.1 Å². The lowest BCUT2D eigenvalue weighted by Crippen LogP contribution is -2.23. The number of halogens is 1. The first-order chi connectivity index (χ1) is 11.7. The Morgan fingerprint density at radius 3 is 2.79 bits per heavy atom. The van der Waals surface area contributed by atoms with Gasteiger partial charge in [-0.25, -0.2) is 9.37 Å². The van der Waals surface area contributed by atoms with E-state index in [4.69, 9.17) is 4.74 Å². The summed E-state index contributed by atoms with van der Waals surface area (Å²) in [5.74, 6) is -0.307. The number of thiazole rings is 1. The molecule has 0 saturated carbocycles. The van der Waals surface area contributed by atoms with Crippen LogP contribution in [0.2, 0.25) is 0 Å². The van der Waals surface area contributed by atoms with Crippen LogP contribution in [0, 0.1) is 5.82 Å². The van der Waals surface area contributed by atoms with Crippen molar-refractivity contribution in [1.82, 2.24) is 15.3 Å². The molecule has 1 amide bonds. The normalized spacial score (nSPS) is 10.4. The Morgan fingerprint density at radius 1 is 1.29 bits per heavy atom. The first-order valence-electron chi connectivity index (χ1n) is 7.14. The van der Waals surface area contributed by atoms with Crippen molar-refractivity contribution >= 4 is 17.2 Å². The van der Waals surface area contributed by atoms with Gasteiger partial charge in [0, 0.05) is 35.9 Å². The van der Waals surface area contributed by atoms with Crippen LogP contribution in [0.3, 0.4) is 0 Å². The van der Waals surface area contributed by atoms with Crippen molar-refractivity contribution in [2.24, 2.45) is 0 Å². The summed E-state index contributed by atoms with van der Waals surface area (Å²) in [5.41, 5.74) is 1.54. The average molecular weight is 343 g/mol. The number of nitrogens with zero attached hydrogens (tertiary/aromatic N) is 2. The molecule has 0 aliphatic rings. The number of aromatic nitrogens is 2. The molecular weight excluding hydrogens is 329 g/mol. The van der Waals surface area contributed by atoms with E-state index in [1.165, 1.54) is 24.5 Å². The highest BCUT2D eigenvalue weighted by molar-refractivity contribution is 7.13. The monoisotopic (exact) mass is 343 g/mol. The Kier molecular flexibility index (Phi) is 4.81. The maximum Gasteiger partial charge on any atom is 0.271 e. The maximum atomic E-state index is 14.1. The SMILES string of the molecule is COc1ccc(-c2nc(C(=O)NCc3ccncc3)cs2)c(F)c1. The predicted octanol–water partition coefficient (Wildman–Crippen LogP) is 3.28. The number of amides is 1. The third-order valence-corrected chi connectivity index (χ3v) is 4.22. The van der Waals surface area contributed by atoms with E-state index < -0.39 is 5.82 Å². The second-order valence-corrected chi connectivity index (χ2v) is 5.78. The van der Waals surface area contributed by atoms with E-state index >= 15 is 0 Å². The first kappa shape index (κ1) is 16.1. The zero-order valence-corrected chi connectivity index (χ0v) is 13.6. The van der Waals surface area contributed by atoms with Crippen LogP contribution in [-0.4, -0.2) is 23.0 Å². The van der Waals surface area contributed by atoms with Gasteiger partial charge in [0.2, 0.25) is 0 Å². The van der Waals surface area contributed by atoms with Gasteiger partial charge in [0.1, 0.15) is 22.3 Å². The van der Waals surface area contributed by atoms with Crippen molar-refractivity contribution in [3.8, 4) is 16.3 Å². The summed E-state index contributed by atoms with van der Waals surface area (Å²) in [4.78, 5) is 20.3. The number of benzene rings is 1. The molecule has 1 N–H and O–H groups in total. The molecule has 1 aromatic carbocycles. The van der Waals surface area contributed by atoms with E-state index in [-0.39, 0.29) is 11.6 Å². The second kappa shape index (κ2) is 7.18. The van der Waals surface area contributed by atoms with Crippen molar-refractivity contribution in [2.75, 3.05) is 7.11 Å². The minimum atomic E-state index is -0.438. The smallest absolute Gasteiger partial charge is 0.271 e. The molecule has 0 unspecified atom stereocenters. The van der Waals surface area contributed by atoms with Crippen molar-refractivity contribution in [1.29, 1.82) is 0 Å². The van der Waals surface area contributed by atoms with Gasteiger partial charge in [-0.05, 0) is 29.8 Å². The third kappa shape index (κ3) is 3.57. The van der Waals surface area contributed by atoms with Gasteiger partial charge in [-0.15, -0.1) is 11.3 Å². The number of hydrogen-bond acceptors (Lipinski definition) is 5. The van der Waals surface area contributed by atoms with Crippen molar-refractivity contribution in [2.45, 2.75) is 6.54 Å². The molecule has 3 rings (SSSR count). The van der Waals surface area contributed by atoms with Crippen LogP contribution in [0.5, 0.6) is 5.75 Å². The number of carbonyl (C=O) groups excluding carboxylic acids is 1. The lowest BCUT2D eigenvalue weighted by atomic mass is 10.2. The lowest BCUT2D eigenvalue weighted by Gasteiger charge is -2.03. The fourth-order valence-electron chi connectivity index (χ4n) is 2.07. The molecule has 0 radical (unpaired) electrons. The van der Waals surface area contributed by atoms with Crippen LogP contribution in [0.25, 0.3) is 10.6 Å². The second-order valence-electron chi connectivity index (χ2n) is 4.92. The summed E-state index contributed by atoms with van der Waals surface area (Å²) in [5, 5.41) is 4.84. The fraction of sp³-hybridized carbons (Fsp3) is 0.118. The quantitative estimate of drug-likeness (QED) is 0.772. The van der Waals surface area contributed by atoms with Crippen molar-refractivity contribution < 1.29 is 13.9 Å². The zero-order valence-electron chi connectivity index (χ0n) is 12.8. The summed E-state index contributed by atoms with van der Waals surface area (Å²) in [6, 6.07) is 8.17. The summed E-state index contributed by atoms with van der Waals surface area (Å²) in [6.45, 7) is 0.380. The molecule has 5 nitrogen and oxygen atoms in total. The highest BCUT2D eigenvalue weighted by Gasteiger charge is 2.14. The van der Waals surface area contributed by atoms with E-state index in [1.54, 1.807) is 29.9 Å². The number of methoxy groups -OCH3 is 1. The molecule has 0 fully saturated rings. The summed E-state index contributed by atoms with van der Waals surface area (Å²) >= 11 is 1.22. The Morgan fingerprint density at radius 2 is 2.08 bits per heavy atom. The van der Waals surface area contributed by atoms with Gasteiger partial charge in [0.05, 0.1) is 7.11 Å². The number of nitrogens with one attached hydrogen (secondary N) is 1. The van der Waals surface area contributed by atoms with Gasteiger partial charge in [-0.3, -0.25) is 9.78 Å². The number of rotatable bonds is 5. The van der Waals surface area contributed by atoms with Gasteiger partial charge >= 0.3 is 0 Å². The minimum Gasteiger partial charge on any atom is -0.497 e. The lowest BCUT2D eigenvalue weighted by molar-refractivity contribution is 0.0946. The van der Waals surface area contributed by atoms with Gasteiger partial charge in [0.25, 0.3) is 5.91 Å². The number of ether oxygens (including phenoxy) is 1. The largest absolute Gasteiger partial charge is 0.497 e. The molecule has 2 aromatic heterocycles. The van der Waals surface area contributed by atoms with E-state index in [2.05, 4.69) is 15.3 Å². The molecule has 7 heteroatoms. The summed E-state index contributed by atoms with van der Waals surface area (Å²) in [7, 11) is 1.48. The maximum absolute atomic E-state index is 14.1. The molecule has 2 heterocycles. The molecule has 24 heavy (non-hydrogen) atoms. The number of hydrogen-bond donors (Lipinski definition) is 1. The van der Waals surface area contributed by atoms with Gasteiger partial charge in [0.15, 0.2) is 0 Å².